The standard InChI is InChI=1S/C11H10ClN3O3/c12-9-2-1-3-10(8-9)18-7-6-14-5-4-11(13-14)15(16)17/h1-5,8H,6-7H2. The van der Waals surface area contributed by atoms with E-state index in [-0.39, 0.29) is 5.82 Å². The highest BCUT2D eigenvalue weighted by molar-refractivity contribution is 6.30. The van der Waals surface area contributed by atoms with Gasteiger partial charge in [-0.1, -0.05) is 17.7 Å². The Morgan fingerprint density at radius 2 is 2.28 bits per heavy atom. The number of halogens is 1. The predicted molar refractivity (Wildman–Crippen MR) is 65.8 cm³/mol. The Hall–Kier alpha value is -2.08. The first-order valence-corrected chi connectivity index (χ1v) is 5.59. The van der Waals surface area contributed by atoms with E-state index in [0.717, 1.165) is 0 Å². The number of hydrogen-bond donors (Lipinski definition) is 0. The topological polar surface area (TPSA) is 70.2 Å². The van der Waals surface area contributed by atoms with Crippen LogP contribution in [0.25, 0.3) is 0 Å². The van der Waals surface area contributed by atoms with E-state index < -0.39 is 4.92 Å². The molecule has 1 aromatic carbocycles. The molecule has 0 fully saturated rings. The summed E-state index contributed by atoms with van der Waals surface area (Å²) in [6.07, 6.45) is 1.54. The third-order valence-electron chi connectivity index (χ3n) is 2.20. The Labute approximate surface area is 108 Å². The van der Waals surface area contributed by atoms with Crippen molar-refractivity contribution in [3.05, 3.63) is 51.7 Å². The van der Waals surface area contributed by atoms with E-state index in [0.29, 0.717) is 23.9 Å². The summed E-state index contributed by atoms with van der Waals surface area (Å²) < 4.78 is 6.91. The van der Waals surface area contributed by atoms with Crippen molar-refractivity contribution in [3.8, 4) is 5.75 Å². The summed E-state index contributed by atoms with van der Waals surface area (Å²) in [4.78, 5) is 9.90. The van der Waals surface area contributed by atoms with Crippen LogP contribution in [-0.2, 0) is 6.54 Å². The van der Waals surface area contributed by atoms with Gasteiger partial charge in [0.25, 0.3) is 0 Å². The summed E-state index contributed by atoms with van der Waals surface area (Å²) in [6, 6.07) is 8.38. The van der Waals surface area contributed by atoms with Crippen LogP contribution in [0.15, 0.2) is 36.5 Å². The molecule has 1 aromatic heterocycles. The number of hydrogen-bond acceptors (Lipinski definition) is 4. The van der Waals surface area contributed by atoms with Crippen LogP contribution >= 0.6 is 11.6 Å². The Balaban J connectivity index is 1.86. The van der Waals surface area contributed by atoms with Crippen molar-refractivity contribution in [1.82, 2.24) is 9.78 Å². The highest BCUT2D eigenvalue weighted by Crippen LogP contribution is 2.17. The van der Waals surface area contributed by atoms with E-state index in [1.807, 2.05) is 0 Å². The molecule has 1 heterocycles. The molecule has 0 aliphatic heterocycles. The smallest absolute Gasteiger partial charge is 0.389 e. The average molecular weight is 268 g/mol. The first-order chi connectivity index (χ1) is 8.65. The van der Waals surface area contributed by atoms with Gasteiger partial charge in [0.1, 0.15) is 12.4 Å². The quantitative estimate of drug-likeness (QED) is 0.616. The van der Waals surface area contributed by atoms with Crippen LogP contribution in [0.5, 0.6) is 5.75 Å². The maximum Gasteiger partial charge on any atom is 0.389 e. The zero-order valence-corrected chi connectivity index (χ0v) is 10.1. The lowest BCUT2D eigenvalue weighted by atomic mass is 10.3. The van der Waals surface area contributed by atoms with Gasteiger partial charge < -0.3 is 14.9 Å². The van der Waals surface area contributed by atoms with E-state index in [9.17, 15) is 10.1 Å². The van der Waals surface area contributed by atoms with Gasteiger partial charge in [0.05, 0.1) is 23.9 Å². The normalized spacial score (nSPS) is 10.3. The van der Waals surface area contributed by atoms with Gasteiger partial charge in [-0.25, -0.2) is 0 Å². The molecule has 0 unspecified atom stereocenters. The first-order valence-electron chi connectivity index (χ1n) is 5.21. The summed E-state index contributed by atoms with van der Waals surface area (Å²) in [5.41, 5.74) is 0. The third-order valence-corrected chi connectivity index (χ3v) is 2.43. The highest BCUT2D eigenvalue weighted by Gasteiger charge is 2.10. The van der Waals surface area contributed by atoms with Crippen LogP contribution < -0.4 is 4.74 Å². The van der Waals surface area contributed by atoms with Gasteiger partial charge in [-0.2, -0.15) is 4.68 Å². The summed E-state index contributed by atoms with van der Waals surface area (Å²) >= 11 is 5.81. The Kier molecular flexibility index (Phi) is 3.78. The van der Waals surface area contributed by atoms with Crippen molar-refractivity contribution in [2.24, 2.45) is 0 Å². The summed E-state index contributed by atoms with van der Waals surface area (Å²) in [6.45, 7) is 0.791. The highest BCUT2D eigenvalue weighted by atomic mass is 35.5. The van der Waals surface area contributed by atoms with E-state index in [1.54, 1.807) is 30.5 Å². The van der Waals surface area contributed by atoms with E-state index in [1.165, 1.54) is 10.7 Å². The van der Waals surface area contributed by atoms with Crippen molar-refractivity contribution in [2.45, 2.75) is 6.54 Å². The van der Waals surface area contributed by atoms with Gasteiger partial charge in [0.15, 0.2) is 0 Å². The van der Waals surface area contributed by atoms with Crippen LogP contribution in [-0.4, -0.2) is 21.3 Å². The molecule has 18 heavy (non-hydrogen) atoms. The fourth-order valence-corrected chi connectivity index (χ4v) is 1.57. The molecule has 0 radical (unpaired) electrons. The monoisotopic (exact) mass is 267 g/mol. The van der Waals surface area contributed by atoms with E-state index >= 15 is 0 Å². The molecule has 94 valence electrons. The summed E-state index contributed by atoms with van der Waals surface area (Å²) in [5, 5.41) is 14.8. The van der Waals surface area contributed by atoms with Gasteiger partial charge in [-0.3, -0.25) is 0 Å². The Morgan fingerprint density at radius 3 is 2.94 bits per heavy atom. The van der Waals surface area contributed by atoms with Crippen LogP contribution in [0.1, 0.15) is 0 Å². The summed E-state index contributed by atoms with van der Waals surface area (Å²) in [5.74, 6) is 0.488. The molecule has 0 aliphatic rings. The van der Waals surface area contributed by atoms with Gasteiger partial charge >= 0.3 is 5.82 Å². The molecule has 6 nitrogen and oxygen atoms in total. The fourth-order valence-electron chi connectivity index (χ4n) is 1.39. The van der Waals surface area contributed by atoms with Crippen LogP contribution in [0.2, 0.25) is 5.02 Å². The second-order valence-corrected chi connectivity index (χ2v) is 3.94. The second-order valence-electron chi connectivity index (χ2n) is 3.50. The largest absolute Gasteiger partial charge is 0.492 e. The SMILES string of the molecule is O=[N+]([O-])c1ccn(CCOc2cccc(Cl)c2)n1. The molecule has 7 heteroatoms. The Bertz CT molecular complexity index is 556. The van der Waals surface area contributed by atoms with Gasteiger partial charge in [-0.05, 0) is 23.1 Å². The van der Waals surface area contributed by atoms with Gasteiger partial charge in [0, 0.05) is 5.02 Å². The molecule has 0 saturated carbocycles. The molecule has 2 aromatic rings. The number of ether oxygens (including phenoxy) is 1. The van der Waals surface area contributed by atoms with Crippen LogP contribution in [0.3, 0.4) is 0 Å². The number of aromatic nitrogens is 2. The molecule has 2 rings (SSSR count). The van der Waals surface area contributed by atoms with Crippen LogP contribution in [0, 0.1) is 10.1 Å². The number of rotatable bonds is 5. The number of nitrogens with zero attached hydrogens (tertiary/aromatic N) is 3. The molecular weight excluding hydrogens is 258 g/mol. The lowest BCUT2D eigenvalue weighted by molar-refractivity contribution is -0.389. The van der Waals surface area contributed by atoms with Crippen molar-refractivity contribution in [1.29, 1.82) is 0 Å². The zero-order valence-electron chi connectivity index (χ0n) is 9.32. The minimum atomic E-state index is -0.533. The lowest BCUT2D eigenvalue weighted by Crippen LogP contribution is -2.08. The maximum absolute atomic E-state index is 10.4. The number of nitro groups is 1. The van der Waals surface area contributed by atoms with E-state index in [4.69, 9.17) is 16.3 Å². The minimum Gasteiger partial charge on any atom is -0.492 e. The molecule has 0 atom stereocenters. The first kappa shape index (κ1) is 12.4. The summed E-state index contributed by atoms with van der Waals surface area (Å²) in [7, 11) is 0. The molecule has 0 aliphatic carbocycles. The van der Waals surface area contributed by atoms with Crippen LogP contribution in [0.4, 0.5) is 5.82 Å². The Morgan fingerprint density at radius 1 is 1.44 bits per heavy atom. The fraction of sp³-hybridized carbons (Fsp3) is 0.182. The molecule has 0 N–H and O–H groups in total. The average Bonchev–Trinajstić information content (AvgIpc) is 2.78. The molecule has 0 spiro atoms. The van der Waals surface area contributed by atoms with Crippen molar-refractivity contribution in [3.63, 3.8) is 0 Å². The molecule has 0 amide bonds. The maximum atomic E-state index is 10.4. The predicted octanol–water partition coefficient (Wildman–Crippen LogP) is 2.52. The van der Waals surface area contributed by atoms with E-state index in [2.05, 4.69) is 5.10 Å². The minimum absolute atomic E-state index is 0.169. The molecule has 0 bridgehead atoms. The molecule has 0 saturated heterocycles. The lowest BCUT2D eigenvalue weighted by Gasteiger charge is -2.04. The van der Waals surface area contributed by atoms with Gasteiger partial charge in [0.2, 0.25) is 0 Å². The van der Waals surface area contributed by atoms with Crippen molar-refractivity contribution >= 4 is 17.4 Å². The zero-order chi connectivity index (χ0) is 13.0. The molecular formula is C11H10ClN3O3. The van der Waals surface area contributed by atoms with Crippen molar-refractivity contribution in [2.75, 3.05) is 6.61 Å². The van der Waals surface area contributed by atoms with Crippen molar-refractivity contribution < 1.29 is 9.66 Å². The van der Waals surface area contributed by atoms with Gasteiger partial charge in [-0.15, -0.1) is 0 Å². The second kappa shape index (κ2) is 5.50. The third kappa shape index (κ3) is 3.21. The number of benzene rings is 1.